The largest absolute Gasteiger partial charge is 0.309 e. The first-order valence-electron chi connectivity index (χ1n) is 18.7. The average Bonchev–Trinajstić information content (AvgIpc) is 3.57. The van der Waals surface area contributed by atoms with Crippen molar-refractivity contribution in [2.45, 2.75) is 5.41 Å². The number of fused-ring (bicyclic) bond motifs is 4. The Morgan fingerprint density at radius 2 is 0.833 bits per heavy atom. The van der Waals surface area contributed by atoms with Gasteiger partial charge in [-0.15, -0.1) is 0 Å². The minimum Gasteiger partial charge on any atom is -0.309 e. The van der Waals surface area contributed by atoms with Crippen molar-refractivity contribution in [3.63, 3.8) is 0 Å². The van der Waals surface area contributed by atoms with Crippen LogP contribution in [0.15, 0.2) is 224 Å². The molecule has 1 aliphatic carbocycles. The first kappa shape index (κ1) is 31.7. The number of nitrogens with zero attached hydrogens (tertiary/aromatic N) is 1. The Labute approximate surface area is 317 Å². The van der Waals surface area contributed by atoms with Gasteiger partial charge in [0.05, 0.1) is 16.8 Å². The van der Waals surface area contributed by atoms with E-state index in [1.807, 2.05) is 0 Å². The Hall–Kier alpha value is -6.96. The smallest absolute Gasteiger partial charge is 0.0714 e. The molecule has 0 fully saturated rings. The van der Waals surface area contributed by atoms with Crippen LogP contribution in [0.3, 0.4) is 0 Å². The molecule has 0 atom stereocenters. The number of rotatable bonds is 7. The van der Waals surface area contributed by atoms with Crippen molar-refractivity contribution in [2.24, 2.45) is 0 Å². The molecule has 9 aromatic carbocycles. The van der Waals surface area contributed by atoms with Crippen molar-refractivity contribution in [3.05, 3.63) is 247 Å². The summed E-state index contributed by atoms with van der Waals surface area (Å²) >= 11 is 0. The zero-order chi connectivity index (χ0) is 35.9. The highest BCUT2D eigenvalue weighted by Crippen LogP contribution is 2.59. The third-order valence-electron chi connectivity index (χ3n) is 11.1. The summed E-state index contributed by atoms with van der Waals surface area (Å²) in [6, 6.07) is 82.0. The van der Waals surface area contributed by atoms with Crippen LogP contribution in [0.25, 0.3) is 44.2 Å². The maximum Gasteiger partial charge on any atom is 0.0714 e. The van der Waals surface area contributed by atoms with E-state index in [4.69, 9.17) is 0 Å². The molecule has 254 valence electrons. The van der Waals surface area contributed by atoms with Crippen LogP contribution in [-0.4, -0.2) is 0 Å². The van der Waals surface area contributed by atoms with E-state index in [0.717, 1.165) is 17.1 Å². The predicted molar refractivity (Wildman–Crippen MR) is 227 cm³/mol. The highest BCUT2D eigenvalue weighted by Gasteiger charge is 2.47. The topological polar surface area (TPSA) is 3.24 Å². The van der Waals surface area contributed by atoms with E-state index in [1.54, 1.807) is 0 Å². The standard InChI is InChI=1S/C53H37N/c1-4-19-43(20-5-1)53(44-21-6-2-7-22-44)48-27-14-12-26-47(48)52-49(53)28-16-30-51(52)54(45-23-8-3-9-24-45)50-29-15-13-25-46(50)40-34-31-39(32-35-40)42-36-33-38-17-10-11-18-41(38)37-42/h1-37H. The molecule has 0 radical (unpaired) electrons. The van der Waals surface area contributed by atoms with Crippen LogP contribution >= 0.6 is 0 Å². The lowest BCUT2D eigenvalue weighted by molar-refractivity contribution is 0.768. The van der Waals surface area contributed by atoms with Gasteiger partial charge >= 0.3 is 0 Å². The van der Waals surface area contributed by atoms with E-state index < -0.39 is 5.41 Å². The zero-order valence-electron chi connectivity index (χ0n) is 29.8. The molecule has 1 nitrogen and oxygen atoms in total. The molecule has 1 heteroatoms. The molecule has 1 aliphatic rings. The van der Waals surface area contributed by atoms with Gasteiger partial charge in [-0.2, -0.15) is 0 Å². The summed E-state index contributed by atoms with van der Waals surface area (Å²) in [5.41, 5.74) is 15.3. The number of anilines is 3. The van der Waals surface area contributed by atoms with Gasteiger partial charge in [-0.3, -0.25) is 0 Å². The van der Waals surface area contributed by atoms with Gasteiger partial charge in [-0.05, 0) is 85.6 Å². The third-order valence-corrected chi connectivity index (χ3v) is 11.1. The molecule has 54 heavy (non-hydrogen) atoms. The fraction of sp³-hybridized carbons (Fsp3) is 0.0189. The minimum atomic E-state index is -0.481. The lowest BCUT2D eigenvalue weighted by atomic mass is 9.68. The van der Waals surface area contributed by atoms with Crippen molar-refractivity contribution in [3.8, 4) is 33.4 Å². The molecule has 0 spiro atoms. The van der Waals surface area contributed by atoms with Crippen LogP contribution in [0.5, 0.6) is 0 Å². The molecule has 0 unspecified atom stereocenters. The molecule has 0 aromatic heterocycles. The number of para-hydroxylation sites is 2. The molecule has 0 saturated heterocycles. The summed E-state index contributed by atoms with van der Waals surface area (Å²) in [7, 11) is 0. The Morgan fingerprint density at radius 3 is 1.56 bits per heavy atom. The van der Waals surface area contributed by atoms with Gasteiger partial charge in [0, 0.05) is 16.8 Å². The van der Waals surface area contributed by atoms with Crippen molar-refractivity contribution < 1.29 is 0 Å². The molecule has 0 amide bonds. The van der Waals surface area contributed by atoms with E-state index in [-0.39, 0.29) is 0 Å². The Bertz CT molecular complexity index is 2710. The number of hydrogen-bond acceptors (Lipinski definition) is 1. The maximum atomic E-state index is 2.47. The monoisotopic (exact) mass is 687 g/mol. The number of benzene rings is 9. The van der Waals surface area contributed by atoms with E-state index >= 15 is 0 Å². The summed E-state index contributed by atoms with van der Waals surface area (Å²) in [4.78, 5) is 2.47. The lowest BCUT2D eigenvalue weighted by Crippen LogP contribution is -2.28. The van der Waals surface area contributed by atoms with E-state index in [1.165, 1.54) is 66.4 Å². The Balaban J connectivity index is 1.18. The Morgan fingerprint density at radius 1 is 0.315 bits per heavy atom. The summed E-state index contributed by atoms with van der Waals surface area (Å²) in [6.45, 7) is 0. The normalized spacial score (nSPS) is 12.6. The van der Waals surface area contributed by atoms with E-state index in [9.17, 15) is 0 Å². The molecule has 10 rings (SSSR count). The molecule has 0 N–H and O–H groups in total. The fourth-order valence-corrected chi connectivity index (χ4v) is 8.77. The van der Waals surface area contributed by atoms with E-state index in [2.05, 4.69) is 229 Å². The van der Waals surface area contributed by atoms with Crippen molar-refractivity contribution >= 4 is 27.8 Å². The zero-order valence-corrected chi connectivity index (χ0v) is 29.8. The first-order valence-corrected chi connectivity index (χ1v) is 18.7. The van der Waals surface area contributed by atoms with Crippen LogP contribution in [0.1, 0.15) is 22.3 Å². The van der Waals surface area contributed by atoms with Gasteiger partial charge in [0.25, 0.3) is 0 Å². The lowest BCUT2D eigenvalue weighted by Gasteiger charge is -2.34. The van der Waals surface area contributed by atoms with Crippen LogP contribution in [0, 0.1) is 0 Å². The summed E-state index contributed by atoms with van der Waals surface area (Å²) in [6.07, 6.45) is 0. The molecule has 0 saturated carbocycles. The van der Waals surface area contributed by atoms with Crippen molar-refractivity contribution in [1.29, 1.82) is 0 Å². The maximum absolute atomic E-state index is 2.47. The molecule has 9 aromatic rings. The highest BCUT2D eigenvalue weighted by atomic mass is 15.1. The van der Waals surface area contributed by atoms with Gasteiger partial charge in [0.1, 0.15) is 0 Å². The van der Waals surface area contributed by atoms with Gasteiger partial charge in [0.2, 0.25) is 0 Å². The van der Waals surface area contributed by atoms with E-state index in [0.29, 0.717) is 0 Å². The van der Waals surface area contributed by atoms with Gasteiger partial charge < -0.3 is 4.90 Å². The summed E-state index contributed by atoms with van der Waals surface area (Å²) in [5.74, 6) is 0. The van der Waals surface area contributed by atoms with Gasteiger partial charge in [-0.25, -0.2) is 0 Å². The van der Waals surface area contributed by atoms with Crippen LogP contribution in [0.4, 0.5) is 17.1 Å². The van der Waals surface area contributed by atoms with Crippen LogP contribution in [-0.2, 0) is 5.41 Å². The van der Waals surface area contributed by atoms with Gasteiger partial charge in [0.15, 0.2) is 0 Å². The third kappa shape index (κ3) is 5.09. The van der Waals surface area contributed by atoms with Crippen LogP contribution < -0.4 is 4.90 Å². The SMILES string of the molecule is c1ccc(N(c2ccccc2-c2ccc(-c3ccc4ccccc4c3)cc2)c2cccc3c2-c2ccccc2C3(c2ccccc2)c2ccccc2)cc1. The number of hydrogen-bond donors (Lipinski definition) is 0. The summed E-state index contributed by atoms with van der Waals surface area (Å²) in [5, 5.41) is 2.51. The van der Waals surface area contributed by atoms with Crippen molar-refractivity contribution in [1.82, 2.24) is 0 Å². The summed E-state index contributed by atoms with van der Waals surface area (Å²) < 4.78 is 0. The molecule has 0 heterocycles. The van der Waals surface area contributed by atoms with Gasteiger partial charge in [-0.1, -0.05) is 194 Å². The quantitative estimate of drug-likeness (QED) is 0.161. The first-order chi connectivity index (χ1) is 26.8. The second-order valence-electron chi connectivity index (χ2n) is 14.1. The predicted octanol–water partition coefficient (Wildman–Crippen LogP) is 14.0. The molecular formula is C53H37N. The highest BCUT2D eigenvalue weighted by molar-refractivity contribution is 5.99. The average molecular weight is 688 g/mol. The molecular weight excluding hydrogens is 651 g/mol. The molecule has 0 aliphatic heterocycles. The van der Waals surface area contributed by atoms with Crippen molar-refractivity contribution in [2.75, 3.05) is 4.90 Å². The second kappa shape index (κ2) is 13.2. The minimum absolute atomic E-state index is 0.481. The Kier molecular flexibility index (Phi) is 7.78. The van der Waals surface area contributed by atoms with Crippen LogP contribution in [0.2, 0.25) is 0 Å². The molecule has 0 bridgehead atoms. The second-order valence-corrected chi connectivity index (χ2v) is 14.1. The fourth-order valence-electron chi connectivity index (χ4n) is 8.77.